The van der Waals surface area contributed by atoms with Gasteiger partial charge < -0.3 is 10.2 Å². The first-order chi connectivity index (χ1) is 9.94. The van der Waals surface area contributed by atoms with Gasteiger partial charge in [0.2, 0.25) is 0 Å². The Bertz CT molecular complexity index is 629. The van der Waals surface area contributed by atoms with Crippen molar-refractivity contribution in [3.05, 3.63) is 28.2 Å². The lowest BCUT2D eigenvalue weighted by molar-refractivity contribution is 0.601. The zero-order valence-electron chi connectivity index (χ0n) is 12.2. The normalized spacial score (nSPS) is 24.2. The van der Waals surface area contributed by atoms with Crippen LogP contribution in [0.4, 0.5) is 5.69 Å². The Balaban J connectivity index is 1.69. The van der Waals surface area contributed by atoms with E-state index in [-0.39, 0.29) is 11.8 Å². The van der Waals surface area contributed by atoms with Gasteiger partial charge in [-0.15, -0.1) is 0 Å². The van der Waals surface area contributed by atoms with Crippen LogP contribution in [-0.2, 0) is 16.4 Å². The fraction of sp³-hybridized carbons (Fsp3) is 0.600. The summed E-state index contributed by atoms with van der Waals surface area (Å²) in [4.78, 5) is 2.09. The molecule has 1 aromatic rings. The van der Waals surface area contributed by atoms with Crippen molar-refractivity contribution in [1.82, 2.24) is 5.32 Å². The standard InChI is InChI=1S/C15H21BrN2O2S/c1-18(13-6-7-21(19,20)10-13)15-5-2-11(8-14(15)16)9-17-12-3-4-12/h2,5,8,12-13,17H,3-4,6-7,9-10H2,1H3. The molecule has 0 aromatic heterocycles. The molecule has 1 saturated heterocycles. The molecule has 0 spiro atoms. The highest BCUT2D eigenvalue weighted by Gasteiger charge is 2.31. The number of anilines is 1. The molecule has 0 radical (unpaired) electrons. The van der Waals surface area contributed by atoms with Gasteiger partial charge in [-0.3, -0.25) is 0 Å². The number of nitrogens with zero attached hydrogens (tertiary/aromatic N) is 1. The zero-order valence-corrected chi connectivity index (χ0v) is 14.6. The first-order valence-electron chi connectivity index (χ1n) is 7.40. The molecule has 4 nitrogen and oxygen atoms in total. The highest BCUT2D eigenvalue weighted by molar-refractivity contribution is 9.10. The Labute approximate surface area is 135 Å². The molecule has 1 saturated carbocycles. The molecule has 1 aliphatic heterocycles. The lowest BCUT2D eigenvalue weighted by Gasteiger charge is -2.27. The summed E-state index contributed by atoms with van der Waals surface area (Å²) >= 11 is 3.63. The van der Waals surface area contributed by atoms with Gasteiger partial charge >= 0.3 is 0 Å². The Morgan fingerprint density at radius 2 is 2.10 bits per heavy atom. The van der Waals surface area contributed by atoms with E-state index in [1.165, 1.54) is 18.4 Å². The lowest BCUT2D eigenvalue weighted by atomic mass is 10.1. The first-order valence-corrected chi connectivity index (χ1v) is 10.0. The van der Waals surface area contributed by atoms with Crippen molar-refractivity contribution in [2.75, 3.05) is 23.5 Å². The van der Waals surface area contributed by atoms with E-state index in [2.05, 4.69) is 44.3 Å². The molecule has 1 aliphatic carbocycles. The highest BCUT2D eigenvalue weighted by atomic mass is 79.9. The number of sulfone groups is 1. The number of halogens is 1. The zero-order chi connectivity index (χ0) is 15.0. The second-order valence-electron chi connectivity index (χ2n) is 6.11. The second kappa shape index (κ2) is 5.89. The van der Waals surface area contributed by atoms with E-state index < -0.39 is 9.84 Å². The Hall–Kier alpha value is -0.590. The minimum absolute atomic E-state index is 0.0849. The third kappa shape index (κ3) is 3.79. The van der Waals surface area contributed by atoms with Crippen LogP contribution in [0.15, 0.2) is 22.7 Å². The minimum Gasteiger partial charge on any atom is -0.370 e. The van der Waals surface area contributed by atoms with Gasteiger partial charge in [0.05, 0.1) is 17.2 Å². The Morgan fingerprint density at radius 3 is 2.67 bits per heavy atom. The van der Waals surface area contributed by atoms with Crippen LogP contribution in [0.3, 0.4) is 0 Å². The summed E-state index contributed by atoms with van der Waals surface area (Å²) in [6, 6.07) is 7.12. The van der Waals surface area contributed by atoms with E-state index in [0.29, 0.717) is 11.8 Å². The third-order valence-electron chi connectivity index (χ3n) is 4.32. The van der Waals surface area contributed by atoms with Crippen molar-refractivity contribution in [2.24, 2.45) is 0 Å². The van der Waals surface area contributed by atoms with Crippen molar-refractivity contribution < 1.29 is 8.42 Å². The summed E-state index contributed by atoms with van der Waals surface area (Å²) in [6.45, 7) is 0.894. The molecule has 1 aromatic carbocycles. The van der Waals surface area contributed by atoms with Crippen molar-refractivity contribution in [3.63, 3.8) is 0 Å². The first kappa shape index (κ1) is 15.3. The van der Waals surface area contributed by atoms with Gasteiger partial charge in [-0.1, -0.05) is 6.07 Å². The Kier molecular flexibility index (Phi) is 4.30. The van der Waals surface area contributed by atoms with Crippen LogP contribution in [0.1, 0.15) is 24.8 Å². The summed E-state index contributed by atoms with van der Waals surface area (Å²) < 4.78 is 24.3. The molecule has 0 bridgehead atoms. The molecule has 1 unspecified atom stereocenters. The predicted molar refractivity (Wildman–Crippen MR) is 89.5 cm³/mol. The lowest BCUT2D eigenvalue weighted by Crippen LogP contribution is -2.32. The molecule has 1 atom stereocenters. The molecule has 0 amide bonds. The highest BCUT2D eigenvalue weighted by Crippen LogP contribution is 2.31. The van der Waals surface area contributed by atoms with Gasteiger partial charge in [-0.25, -0.2) is 8.42 Å². The van der Waals surface area contributed by atoms with Crippen molar-refractivity contribution in [1.29, 1.82) is 0 Å². The van der Waals surface area contributed by atoms with E-state index in [1.807, 2.05) is 7.05 Å². The fourth-order valence-corrected chi connectivity index (χ4v) is 5.25. The maximum atomic E-state index is 11.6. The summed E-state index contributed by atoms with van der Waals surface area (Å²) in [7, 11) is -0.868. The van der Waals surface area contributed by atoms with Gasteiger partial charge in [0.25, 0.3) is 0 Å². The second-order valence-corrected chi connectivity index (χ2v) is 9.19. The summed E-state index contributed by atoms with van der Waals surface area (Å²) in [5, 5.41) is 3.50. The van der Waals surface area contributed by atoms with Gasteiger partial charge in [0.1, 0.15) is 0 Å². The summed E-state index contributed by atoms with van der Waals surface area (Å²) in [5.74, 6) is 0.573. The number of benzene rings is 1. The van der Waals surface area contributed by atoms with Gasteiger partial charge in [0, 0.05) is 30.1 Å². The van der Waals surface area contributed by atoms with E-state index in [4.69, 9.17) is 0 Å². The molecule has 116 valence electrons. The molecule has 21 heavy (non-hydrogen) atoms. The van der Waals surface area contributed by atoms with Crippen molar-refractivity contribution in [2.45, 2.75) is 37.9 Å². The molecule has 2 aliphatic rings. The monoisotopic (exact) mass is 372 g/mol. The number of rotatable bonds is 5. The average Bonchev–Trinajstić information content (AvgIpc) is 3.18. The van der Waals surface area contributed by atoms with Crippen LogP contribution >= 0.6 is 15.9 Å². The SMILES string of the molecule is CN(c1ccc(CNC2CC2)cc1Br)C1CCS(=O)(=O)C1. The van der Waals surface area contributed by atoms with Crippen molar-refractivity contribution in [3.8, 4) is 0 Å². The summed E-state index contributed by atoms with van der Waals surface area (Å²) in [5.41, 5.74) is 2.32. The fourth-order valence-electron chi connectivity index (χ4n) is 2.77. The van der Waals surface area contributed by atoms with Gasteiger partial charge in [-0.05, 0) is 52.9 Å². The quantitative estimate of drug-likeness (QED) is 0.861. The van der Waals surface area contributed by atoms with Crippen LogP contribution in [0.2, 0.25) is 0 Å². The predicted octanol–water partition coefficient (Wildman–Crippen LogP) is 2.32. The van der Waals surface area contributed by atoms with Crippen LogP contribution < -0.4 is 10.2 Å². The molecular weight excluding hydrogens is 352 g/mol. The average molecular weight is 373 g/mol. The number of hydrogen-bond donors (Lipinski definition) is 1. The minimum atomic E-state index is -2.85. The Morgan fingerprint density at radius 1 is 1.33 bits per heavy atom. The smallest absolute Gasteiger partial charge is 0.152 e. The summed E-state index contributed by atoms with van der Waals surface area (Å²) in [6.07, 6.45) is 3.30. The molecule has 6 heteroatoms. The largest absolute Gasteiger partial charge is 0.370 e. The molecular formula is C15H21BrN2O2S. The van der Waals surface area contributed by atoms with Gasteiger partial charge in [0.15, 0.2) is 9.84 Å². The van der Waals surface area contributed by atoms with Crippen LogP contribution in [-0.4, -0.2) is 39.1 Å². The number of hydrogen-bond acceptors (Lipinski definition) is 4. The third-order valence-corrected chi connectivity index (χ3v) is 6.71. The molecule has 1 heterocycles. The number of nitrogens with one attached hydrogen (secondary N) is 1. The molecule has 1 N–H and O–H groups in total. The van der Waals surface area contributed by atoms with Crippen LogP contribution in [0, 0.1) is 0 Å². The van der Waals surface area contributed by atoms with Crippen LogP contribution in [0.5, 0.6) is 0 Å². The topological polar surface area (TPSA) is 49.4 Å². The van der Waals surface area contributed by atoms with E-state index in [0.717, 1.165) is 23.1 Å². The molecule has 3 rings (SSSR count). The van der Waals surface area contributed by atoms with Gasteiger partial charge in [-0.2, -0.15) is 0 Å². The van der Waals surface area contributed by atoms with E-state index in [1.54, 1.807) is 0 Å². The van der Waals surface area contributed by atoms with Crippen molar-refractivity contribution >= 4 is 31.5 Å². The van der Waals surface area contributed by atoms with E-state index in [9.17, 15) is 8.42 Å². The maximum Gasteiger partial charge on any atom is 0.152 e. The van der Waals surface area contributed by atoms with E-state index >= 15 is 0 Å². The maximum absolute atomic E-state index is 11.6. The molecule has 2 fully saturated rings. The van der Waals surface area contributed by atoms with Crippen LogP contribution in [0.25, 0.3) is 0 Å².